The highest BCUT2D eigenvalue weighted by molar-refractivity contribution is 4.78. The third-order valence-corrected chi connectivity index (χ3v) is 5.32. The fourth-order valence-corrected chi connectivity index (χ4v) is 4.08. The van der Waals surface area contributed by atoms with Crippen molar-refractivity contribution in [2.24, 2.45) is 11.8 Å². The molecular weight excluding hydrogens is 244 g/mol. The van der Waals surface area contributed by atoms with Gasteiger partial charge in [-0.2, -0.15) is 0 Å². The molecule has 2 heteroatoms. The average molecular weight is 280 g/mol. The van der Waals surface area contributed by atoms with Gasteiger partial charge in [-0.1, -0.05) is 33.1 Å². The van der Waals surface area contributed by atoms with Crippen molar-refractivity contribution in [2.45, 2.75) is 77.7 Å². The molecule has 2 nitrogen and oxygen atoms in total. The minimum Gasteiger partial charge on any atom is -0.314 e. The predicted molar refractivity (Wildman–Crippen MR) is 88.1 cm³/mol. The molecule has 2 fully saturated rings. The number of nitrogens with zero attached hydrogens (tertiary/aromatic N) is 1. The second kappa shape index (κ2) is 9.04. The van der Waals surface area contributed by atoms with Crippen LogP contribution in [0.4, 0.5) is 0 Å². The fourth-order valence-electron chi connectivity index (χ4n) is 4.08. The van der Waals surface area contributed by atoms with Crippen LogP contribution in [0.5, 0.6) is 0 Å². The summed E-state index contributed by atoms with van der Waals surface area (Å²) in [7, 11) is 0. The first-order valence-electron chi connectivity index (χ1n) is 9.23. The summed E-state index contributed by atoms with van der Waals surface area (Å²) in [5.74, 6) is 1.84. The van der Waals surface area contributed by atoms with Crippen molar-refractivity contribution < 1.29 is 0 Å². The van der Waals surface area contributed by atoms with Gasteiger partial charge in [-0.05, 0) is 70.0 Å². The van der Waals surface area contributed by atoms with Crippen LogP contribution < -0.4 is 5.32 Å². The molecule has 0 aromatic carbocycles. The van der Waals surface area contributed by atoms with Crippen LogP contribution in [0, 0.1) is 11.8 Å². The van der Waals surface area contributed by atoms with Crippen molar-refractivity contribution in [1.29, 1.82) is 0 Å². The van der Waals surface area contributed by atoms with Gasteiger partial charge in [0, 0.05) is 12.6 Å². The monoisotopic (exact) mass is 280 g/mol. The SMILES string of the molecule is CCCC1CCC(NCC(C)CN2CCCCC2)CC1. The summed E-state index contributed by atoms with van der Waals surface area (Å²) in [6.45, 7) is 9.95. The molecule has 1 atom stereocenters. The molecule has 1 aliphatic heterocycles. The molecule has 0 bridgehead atoms. The van der Waals surface area contributed by atoms with Crippen LogP contribution in [0.15, 0.2) is 0 Å². The summed E-state index contributed by atoms with van der Waals surface area (Å²) in [6.07, 6.45) is 12.9. The first kappa shape index (κ1) is 16.3. The molecule has 1 saturated heterocycles. The predicted octanol–water partition coefficient (Wildman–Crippen LogP) is 4.06. The molecule has 118 valence electrons. The zero-order valence-corrected chi connectivity index (χ0v) is 13.9. The Morgan fingerprint density at radius 3 is 2.40 bits per heavy atom. The Bertz CT molecular complexity index is 240. The second-order valence-corrected chi connectivity index (χ2v) is 7.38. The average Bonchev–Trinajstić information content (AvgIpc) is 2.48. The number of hydrogen-bond acceptors (Lipinski definition) is 2. The highest BCUT2D eigenvalue weighted by Crippen LogP contribution is 2.27. The van der Waals surface area contributed by atoms with Gasteiger partial charge in [0.2, 0.25) is 0 Å². The van der Waals surface area contributed by atoms with Crippen molar-refractivity contribution in [1.82, 2.24) is 10.2 Å². The molecule has 0 radical (unpaired) electrons. The van der Waals surface area contributed by atoms with E-state index in [1.54, 1.807) is 0 Å². The Morgan fingerprint density at radius 1 is 1.05 bits per heavy atom. The second-order valence-electron chi connectivity index (χ2n) is 7.38. The van der Waals surface area contributed by atoms with Crippen molar-refractivity contribution >= 4 is 0 Å². The van der Waals surface area contributed by atoms with Gasteiger partial charge in [0.15, 0.2) is 0 Å². The highest BCUT2D eigenvalue weighted by Gasteiger charge is 2.21. The Balaban J connectivity index is 1.55. The first-order chi connectivity index (χ1) is 9.78. The van der Waals surface area contributed by atoms with E-state index in [-0.39, 0.29) is 0 Å². The number of hydrogen-bond donors (Lipinski definition) is 1. The van der Waals surface area contributed by atoms with Crippen LogP contribution >= 0.6 is 0 Å². The lowest BCUT2D eigenvalue weighted by molar-refractivity contribution is 0.193. The molecule has 0 aromatic rings. The van der Waals surface area contributed by atoms with E-state index in [0.717, 1.165) is 17.9 Å². The van der Waals surface area contributed by atoms with Gasteiger partial charge >= 0.3 is 0 Å². The normalized spacial score (nSPS) is 30.3. The third kappa shape index (κ3) is 5.73. The summed E-state index contributed by atoms with van der Waals surface area (Å²) in [5.41, 5.74) is 0. The molecule has 1 aliphatic carbocycles. The maximum Gasteiger partial charge on any atom is 0.00673 e. The largest absolute Gasteiger partial charge is 0.314 e. The summed E-state index contributed by atoms with van der Waals surface area (Å²) >= 11 is 0. The Kier molecular flexibility index (Phi) is 7.37. The lowest BCUT2D eigenvalue weighted by Crippen LogP contribution is -2.40. The van der Waals surface area contributed by atoms with Gasteiger partial charge in [0.25, 0.3) is 0 Å². The summed E-state index contributed by atoms with van der Waals surface area (Å²) < 4.78 is 0. The standard InChI is InChI=1S/C18H36N2/c1-3-7-17-8-10-18(11-9-17)19-14-16(2)15-20-12-5-4-6-13-20/h16-19H,3-15H2,1-2H3. The highest BCUT2D eigenvalue weighted by atomic mass is 15.1. The molecule has 0 spiro atoms. The Morgan fingerprint density at radius 2 is 1.75 bits per heavy atom. The van der Waals surface area contributed by atoms with E-state index in [0.29, 0.717) is 0 Å². The van der Waals surface area contributed by atoms with Crippen LogP contribution in [0.2, 0.25) is 0 Å². The van der Waals surface area contributed by atoms with Gasteiger partial charge in [-0.3, -0.25) is 0 Å². The molecule has 2 rings (SSSR count). The van der Waals surface area contributed by atoms with E-state index in [2.05, 4.69) is 24.1 Å². The molecule has 1 unspecified atom stereocenters. The van der Waals surface area contributed by atoms with Crippen molar-refractivity contribution in [3.8, 4) is 0 Å². The van der Waals surface area contributed by atoms with Crippen LogP contribution in [0.3, 0.4) is 0 Å². The van der Waals surface area contributed by atoms with E-state index < -0.39 is 0 Å². The minimum absolute atomic E-state index is 0.807. The summed E-state index contributed by atoms with van der Waals surface area (Å²) in [4.78, 5) is 2.67. The smallest absolute Gasteiger partial charge is 0.00673 e. The van der Waals surface area contributed by atoms with Crippen LogP contribution in [-0.4, -0.2) is 37.1 Å². The van der Waals surface area contributed by atoms with E-state index in [1.807, 2.05) is 0 Å². The van der Waals surface area contributed by atoms with Gasteiger partial charge in [-0.15, -0.1) is 0 Å². The first-order valence-corrected chi connectivity index (χ1v) is 9.23. The van der Waals surface area contributed by atoms with E-state index in [9.17, 15) is 0 Å². The fraction of sp³-hybridized carbons (Fsp3) is 1.00. The van der Waals surface area contributed by atoms with E-state index >= 15 is 0 Å². The summed E-state index contributed by atoms with van der Waals surface area (Å²) in [5, 5.41) is 3.85. The van der Waals surface area contributed by atoms with Gasteiger partial charge < -0.3 is 10.2 Å². The van der Waals surface area contributed by atoms with Crippen molar-refractivity contribution in [2.75, 3.05) is 26.2 Å². The number of nitrogens with one attached hydrogen (secondary N) is 1. The third-order valence-electron chi connectivity index (χ3n) is 5.32. The quantitative estimate of drug-likeness (QED) is 0.756. The molecule has 0 amide bonds. The van der Waals surface area contributed by atoms with Crippen LogP contribution in [0.1, 0.15) is 71.6 Å². The molecular formula is C18H36N2. The van der Waals surface area contributed by atoms with E-state index in [4.69, 9.17) is 0 Å². The zero-order chi connectivity index (χ0) is 14.2. The van der Waals surface area contributed by atoms with Crippen molar-refractivity contribution in [3.63, 3.8) is 0 Å². The van der Waals surface area contributed by atoms with Gasteiger partial charge in [0.1, 0.15) is 0 Å². The Labute approximate surface area is 126 Å². The molecule has 20 heavy (non-hydrogen) atoms. The Hall–Kier alpha value is -0.0800. The lowest BCUT2D eigenvalue weighted by Gasteiger charge is -2.32. The lowest BCUT2D eigenvalue weighted by atomic mass is 9.83. The molecule has 1 N–H and O–H groups in total. The zero-order valence-electron chi connectivity index (χ0n) is 13.9. The maximum atomic E-state index is 3.85. The van der Waals surface area contributed by atoms with Crippen LogP contribution in [-0.2, 0) is 0 Å². The van der Waals surface area contributed by atoms with E-state index in [1.165, 1.54) is 84.0 Å². The van der Waals surface area contributed by atoms with Crippen LogP contribution in [0.25, 0.3) is 0 Å². The minimum atomic E-state index is 0.807. The summed E-state index contributed by atoms with van der Waals surface area (Å²) in [6, 6.07) is 0.812. The number of likely N-dealkylation sites (tertiary alicyclic amines) is 1. The van der Waals surface area contributed by atoms with Crippen molar-refractivity contribution in [3.05, 3.63) is 0 Å². The topological polar surface area (TPSA) is 15.3 Å². The molecule has 2 aliphatic rings. The molecule has 1 heterocycles. The maximum absolute atomic E-state index is 3.85. The van der Waals surface area contributed by atoms with Gasteiger partial charge in [0.05, 0.1) is 0 Å². The van der Waals surface area contributed by atoms with Gasteiger partial charge in [-0.25, -0.2) is 0 Å². The molecule has 0 aromatic heterocycles. The number of rotatable bonds is 7. The number of piperidine rings is 1. The molecule has 1 saturated carbocycles.